The molecule has 0 spiro atoms. The van der Waals surface area contributed by atoms with E-state index in [1.165, 1.54) is 28.7 Å². The number of halogens is 6. The van der Waals surface area contributed by atoms with E-state index in [1.807, 2.05) is 79.8 Å². The number of hydrogen-bond donors (Lipinski definition) is 2. The van der Waals surface area contributed by atoms with Gasteiger partial charge in [0.05, 0.1) is 4.88 Å². The minimum atomic E-state index is -5.87. The Morgan fingerprint density at radius 2 is 1.20 bits per heavy atom. The number of phenolic OH excluding ortho intramolecular Hbond substituents is 2. The van der Waals surface area contributed by atoms with Crippen molar-refractivity contribution in [1.29, 1.82) is 0 Å². The largest absolute Gasteiger partial charge is 0.504 e. The fraction of sp³-hybridized carbons (Fsp3) is 0.349. The van der Waals surface area contributed by atoms with Crippen LogP contribution in [-0.4, -0.2) is 28.0 Å². The van der Waals surface area contributed by atoms with Gasteiger partial charge in [0, 0.05) is 58.8 Å². The van der Waals surface area contributed by atoms with Crippen LogP contribution in [0.1, 0.15) is 89.4 Å². The maximum absolute atomic E-state index is 16.7. The topological polar surface area (TPSA) is 53.6 Å². The fourth-order valence-corrected chi connectivity index (χ4v) is 10.3. The summed E-state index contributed by atoms with van der Waals surface area (Å²) < 4.78 is 105. The normalized spacial score (nSPS) is 17.1. The number of fused-ring (bicyclic) bond motifs is 1. The zero-order valence-corrected chi connectivity index (χ0v) is 34.1. The van der Waals surface area contributed by atoms with E-state index in [9.17, 15) is 10.2 Å². The molecule has 0 fully saturated rings. The fourth-order valence-electron chi connectivity index (χ4n) is 6.71. The van der Waals surface area contributed by atoms with Gasteiger partial charge < -0.3 is 14.6 Å². The number of alkyl halides is 6. The Hall–Kier alpha value is -4.00. The molecule has 0 saturated heterocycles. The Morgan fingerprint density at radius 1 is 0.600 bits per heavy atom. The predicted octanol–water partition coefficient (Wildman–Crippen LogP) is 14.8. The third-order valence-electron chi connectivity index (χ3n) is 9.99. The highest BCUT2D eigenvalue weighted by atomic mass is 32.1. The molecular formula is C43H40F6O3S3. The zero-order chi connectivity index (χ0) is 40.4. The number of phenols is 2. The van der Waals surface area contributed by atoms with Gasteiger partial charge in [-0.3, -0.25) is 0 Å². The number of furan rings is 1. The average molecular weight is 815 g/mol. The van der Waals surface area contributed by atoms with E-state index in [2.05, 4.69) is 0 Å². The van der Waals surface area contributed by atoms with Crippen molar-refractivity contribution in [3.05, 3.63) is 93.2 Å². The number of rotatable bonds is 5. The monoisotopic (exact) mass is 814 g/mol. The molecule has 4 aromatic heterocycles. The lowest BCUT2D eigenvalue weighted by molar-refractivity contribution is -0.254. The summed E-state index contributed by atoms with van der Waals surface area (Å²) in [6, 6.07) is 15.2. The summed E-state index contributed by atoms with van der Waals surface area (Å²) >= 11 is 3.72. The van der Waals surface area contributed by atoms with Crippen molar-refractivity contribution in [2.24, 2.45) is 0 Å². The molecule has 0 aliphatic heterocycles. The first kappa shape index (κ1) is 39.2. The van der Waals surface area contributed by atoms with Crippen LogP contribution in [0.25, 0.3) is 52.9 Å². The molecule has 3 nitrogen and oxygen atoms in total. The lowest BCUT2D eigenvalue weighted by Crippen LogP contribution is -2.48. The minimum absolute atomic E-state index is 0.145. The summed E-state index contributed by atoms with van der Waals surface area (Å²) in [7, 11) is 0. The Morgan fingerprint density at radius 3 is 1.76 bits per heavy atom. The lowest BCUT2D eigenvalue weighted by Gasteiger charge is -2.26. The van der Waals surface area contributed by atoms with E-state index in [1.54, 1.807) is 30.3 Å². The molecule has 0 saturated carbocycles. The summed E-state index contributed by atoms with van der Waals surface area (Å²) in [6.07, 6.45) is 0. The van der Waals surface area contributed by atoms with Gasteiger partial charge in [0.25, 0.3) is 0 Å². The van der Waals surface area contributed by atoms with Crippen LogP contribution in [0, 0.1) is 0 Å². The maximum atomic E-state index is 16.7. The van der Waals surface area contributed by atoms with Crippen LogP contribution in [0.2, 0.25) is 0 Å². The van der Waals surface area contributed by atoms with Crippen molar-refractivity contribution in [2.45, 2.75) is 96.3 Å². The van der Waals surface area contributed by atoms with Crippen LogP contribution < -0.4 is 0 Å². The second kappa shape index (κ2) is 12.5. The molecule has 0 radical (unpaired) electrons. The standard InChI is InChI=1S/C43H40F6O3S3/c1-38(2,3)22-12-10-21(11-13-22)36-33(24-17-26(50)27(51)19-28(24)52-36)35-34(41(44,45)43(48,49)42(35,46)47)25-18-30(29-14-15-32(54-29)40(7,8)9)55-37(25)31-16-23(20-53-31)39(4,5)6/h10-20,50-51H,1-9H3. The Kier molecular flexibility index (Phi) is 8.92. The minimum Gasteiger partial charge on any atom is -0.504 e. The van der Waals surface area contributed by atoms with Gasteiger partial charge in [-0.15, -0.1) is 34.0 Å². The van der Waals surface area contributed by atoms with Crippen molar-refractivity contribution in [3.8, 4) is 42.3 Å². The molecule has 0 unspecified atom stereocenters. The van der Waals surface area contributed by atoms with E-state index >= 15 is 26.3 Å². The molecule has 0 amide bonds. The zero-order valence-electron chi connectivity index (χ0n) is 31.6. The maximum Gasteiger partial charge on any atom is 0.380 e. The molecule has 0 bridgehead atoms. The summed E-state index contributed by atoms with van der Waals surface area (Å²) in [5.41, 5.74) is -3.63. The second-order valence-electron chi connectivity index (χ2n) is 17.2. The second-order valence-corrected chi connectivity index (χ2v) is 20.2. The van der Waals surface area contributed by atoms with Crippen LogP contribution in [-0.2, 0) is 16.2 Å². The van der Waals surface area contributed by atoms with Crippen molar-refractivity contribution in [3.63, 3.8) is 0 Å². The molecule has 7 rings (SSSR count). The van der Waals surface area contributed by atoms with Gasteiger partial charge in [0.2, 0.25) is 0 Å². The van der Waals surface area contributed by atoms with Crippen molar-refractivity contribution in [1.82, 2.24) is 0 Å². The van der Waals surface area contributed by atoms with Crippen LogP contribution in [0.4, 0.5) is 26.3 Å². The van der Waals surface area contributed by atoms with Gasteiger partial charge in [0.1, 0.15) is 11.3 Å². The first-order valence-corrected chi connectivity index (χ1v) is 20.1. The van der Waals surface area contributed by atoms with Gasteiger partial charge in [-0.25, -0.2) is 0 Å². The Balaban J connectivity index is 1.61. The highest BCUT2D eigenvalue weighted by molar-refractivity contribution is 7.26. The first-order valence-electron chi connectivity index (χ1n) is 17.6. The molecule has 2 N–H and O–H groups in total. The highest BCUT2D eigenvalue weighted by Crippen LogP contribution is 2.68. The Bertz CT molecular complexity index is 2490. The summed E-state index contributed by atoms with van der Waals surface area (Å²) in [6.45, 7) is 17.9. The smallest absolute Gasteiger partial charge is 0.380 e. The summed E-state index contributed by atoms with van der Waals surface area (Å²) in [5.74, 6) is -18.5. The molecule has 290 valence electrons. The van der Waals surface area contributed by atoms with E-state index in [4.69, 9.17) is 4.42 Å². The van der Waals surface area contributed by atoms with Crippen molar-refractivity contribution >= 4 is 56.1 Å². The molecule has 55 heavy (non-hydrogen) atoms. The number of allylic oxidation sites excluding steroid dienone is 2. The molecule has 6 aromatic rings. The summed E-state index contributed by atoms with van der Waals surface area (Å²) in [4.78, 5) is 2.72. The van der Waals surface area contributed by atoms with Crippen molar-refractivity contribution < 1.29 is 41.0 Å². The average Bonchev–Trinajstić information content (AvgIpc) is 3.88. The molecule has 1 aliphatic rings. The molecular weight excluding hydrogens is 775 g/mol. The lowest BCUT2D eigenvalue weighted by atomic mass is 9.86. The van der Waals surface area contributed by atoms with Gasteiger partial charge in [-0.1, -0.05) is 86.6 Å². The number of thiophene rings is 3. The van der Waals surface area contributed by atoms with Crippen molar-refractivity contribution in [2.75, 3.05) is 0 Å². The van der Waals surface area contributed by atoms with Crippen LogP contribution in [0.3, 0.4) is 0 Å². The first-order chi connectivity index (χ1) is 25.2. The SMILES string of the molecule is CC(C)(C)c1ccc(-c2oc3cc(O)c(O)cc3c2C2=C(c3cc(-c4ccc(C(C)(C)C)s4)sc3-c3cc(C(C)(C)C)cs3)C(F)(F)C(F)(F)C2(F)F)cc1. The molecule has 4 heterocycles. The third-order valence-corrected chi connectivity index (χ3v) is 13.9. The van der Waals surface area contributed by atoms with E-state index in [0.29, 0.717) is 14.6 Å². The van der Waals surface area contributed by atoms with Gasteiger partial charge in [0.15, 0.2) is 11.5 Å². The Labute approximate surface area is 327 Å². The van der Waals surface area contributed by atoms with E-state index in [0.717, 1.165) is 39.5 Å². The highest BCUT2D eigenvalue weighted by Gasteiger charge is 2.81. The molecule has 0 atom stereocenters. The number of aromatic hydroxyl groups is 2. The predicted molar refractivity (Wildman–Crippen MR) is 214 cm³/mol. The molecule has 2 aromatic carbocycles. The quantitative estimate of drug-likeness (QED) is 0.135. The van der Waals surface area contributed by atoms with Crippen LogP contribution in [0.15, 0.2) is 70.5 Å². The number of benzene rings is 2. The molecule has 1 aliphatic carbocycles. The van der Waals surface area contributed by atoms with Gasteiger partial charge in [-0.05, 0) is 63.1 Å². The van der Waals surface area contributed by atoms with Crippen LogP contribution >= 0.6 is 34.0 Å². The summed E-state index contributed by atoms with van der Waals surface area (Å²) in [5, 5.41) is 22.4. The van der Waals surface area contributed by atoms with Crippen LogP contribution in [0.5, 0.6) is 11.5 Å². The molecule has 12 heteroatoms. The third kappa shape index (κ3) is 6.23. The van der Waals surface area contributed by atoms with E-state index in [-0.39, 0.29) is 37.7 Å². The van der Waals surface area contributed by atoms with Gasteiger partial charge in [-0.2, -0.15) is 26.3 Å². The number of hydrogen-bond acceptors (Lipinski definition) is 6. The van der Waals surface area contributed by atoms with E-state index < -0.39 is 57.3 Å². The van der Waals surface area contributed by atoms with Gasteiger partial charge >= 0.3 is 17.8 Å².